The second kappa shape index (κ2) is 9.46. The molecule has 0 aromatic heterocycles. The molecular weight excluding hydrogens is 400 g/mol. The van der Waals surface area contributed by atoms with Crippen molar-refractivity contribution in [3.8, 4) is 5.75 Å². The normalized spacial score (nSPS) is 14.1. The van der Waals surface area contributed by atoms with Crippen LogP contribution in [-0.2, 0) is 4.79 Å². The topological polar surface area (TPSA) is 114 Å². The van der Waals surface area contributed by atoms with Crippen molar-refractivity contribution in [3.63, 3.8) is 0 Å². The van der Waals surface area contributed by atoms with Crippen LogP contribution in [0.15, 0.2) is 36.4 Å². The fraction of sp³-hybridized carbons (Fsp3) is 0.364. The largest absolute Gasteiger partial charge is 0.495 e. The van der Waals surface area contributed by atoms with Crippen LogP contribution in [0.3, 0.4) is 0 Å². The Morgan fingerprint density at radius 1 is 1.13 bits per heavy atom. The lowest BCUT2D eigenvalue weighted by Gasteiger charge is -2.33. The number of piperidine rings is 1. The van der Waals surface area contributed by atoms with Gasteiger partial charge in [0.2, 0.25) is 5.91 Å². The van der Waals surface area contributed by atoms with Gasteiger partial charge in [-0.15, -0.1) is 0 Å². The van der Waals surface area contributed by atoms with Gasteiger partial charge in [-0.1, -0.05) is 6.92 Å². The standard InChI is InChI=1S/C22H26N4O5/c1-14-8-10-25(11-9-14)20-6-5-17(26(29)30)13-18(20)22(28)24-16-4-7-21(31-3)19(12-16)23-15(2)27/h4-7,12-14H,8-11H2,1-3H3,(H,23,27)(H,24,28). The number of nitro benzene ring substituents is 1. The van der Waals surface area contributed by atoms with Crippen molar-refractivity contribution >= 4 is 34.6 Å². The first-order valence-electron chi connectivity index (χ1n) is 10.1. The van der Waals surface area contributed by atoms with Crippen molar-refractivity contribution in [2.75, 3.05) is 35.7 Å². The lowest BCUT2D eigenvalue weighted by atomic mass is 9.98. The van der Waals surface area contributed by atoms with Gasteiger partial charge in [-0.25, -0.2) is 0 Å². The zero-order valence-electron chi connectivity index (χ0n) is 17.8. The Hall–Kier alpha value is -3.62. The van der Waals surface area contributed by atoms with Crippen molar-refractivity contribution in [1.29, 1.82) is 0 Å². The molecule has 2 amide bonds. The molecule has 0 saturated carbocycles. The number of benzene rings is 2. The van der Waals surface area contributed by atoms with E-state index in [1.807, 2.05) is 0 Å². The summed E-state index contributed by atoms with van der Waals surface area (Å²) in [5, 5.41) is 16.7. The van der Waals surface area contributed by atoms with E-state index >= 15 is 0 Å². The molecule has 1 aliphatic heterocycles. The van der Waals surface area contributed by atoms with Gasteiger partial charge in [-0.2, -0.15) is 0 Å². The van der Waals surface area contributed by atoms with E-state index in [0.29, 0.717) is 28.7 Å². The lowest BCUT2D eigenvalue weighted by Crippen LogP contribution is -2.34. The number of methoxy groups -OCH3 is 1. The quantitative estimate of drug-likeness (QED) is 0.532. The average molecular weight is 426 g/mol. The number of hydrogen-bond donors (Lipinski definition) is 2. The number of anilines is 3. The number of nitrogens with zero attached hydrogens (tertiary/aromatic N) is 2. The maximum atomic E-state index is 13.1. The van der Waals surface area contributed by atoms with E-state index in [2.05, 4.69) is 22.5 Å². The molecule has 1 fully saturated rings. The third kappa shape index (κ3) is 5.30. The molecule has 1 heterocycles. The predicted octanol–water partition coefficient (Wildman–Crippen LogP) is 4.05. The van der Waals surface area contributed by atoms with Crippen LogP contribution in [0.1, 0.15) is 37.0 Å². The van der Waals surface area contributed by atoms with Gasteiger partial charge in [-0.05, 0) is 43.0 Å². The summed E-state index contributed by atoms with van der Waals surface area (Å²) in [5.74, 6) is 0.322. The average Bonchev–Trinajstić information content (AvgIpc) is 2.73. The molecule has 31 heavy (non-hydrogen) atoms. The Balaban J connectivity index is 1.92. The number of ether oxygens (including phenoxy) is 1. The Kier molecular flexibility index (Phi) is 6.74. The highest BCUT2D eigenvalue weighted by Crippen LogP contribution is 2.31. The van der Waals surface area contributed by atoms with Crippen molar-refractivity contribution in [2.45, 2.75) is 26.7 Å². The van der Waals surface area contributed by atoms with Crippen LogP contribution in [0.5, 0.6) is 5.75 Å². The second-order valence-corrected chi connectivity index (χ2v) is 7.68. The molecule has 164 valence electrons. The molecule has 1 saturated heterocycles. The molecule has 1 aliphatic rings. The van der Waals surface area contributed by atoms with Gasteiger partial charge in [0.15, 0.2) is 0 Å². The minimum atomic E-state index is -0.513. The summed E-state index contributed by atoms with van der Waals surface area (Å²) in [7, 11) is 1.48. The van der Waals surface area contributed by atoms with Crippen LogP contribution in [0.4, 0.5) is 22.7 Å². The van der Waals surface area contributed by atoms with Crippen molar-refractivity contribution in [2.24, 2.45) is 5.92 Å². The second-order valence-electron chi connectivity index (χ2n) is 7.68. The van der Waals surface area contributed by atoms with Crippen LogP contribution in [-0.4, -0.2) is 36.9 Å². The molecule has 0 spiro atoms. The van der Waals surface area contributed by atoms with Crippen LogP contribution in [0.2, 0.25) is 0 Å². The van der Waals surface area contributed by atoms with Gasteiger partial charge >= 0.3 is 0 Å². The summed E-state index contributed by atoms with van der Waals surface area (Å²) in [4.78, 5) is 37.5. The fourth-order valence-corrected chi connectivity index (χ4v) is 3.62. The number of amides is 2. The first-order chi connectivity index (χ1) is 14.8. The monoisotopic (exact) mass is 426 g/mol. The highest BCUT2D eigenvalue weighted by Gasteiger charge is 2.24. The van der Waals surface area contributed by atoms with Gasteiger partial charge in [0.25, 0.3) is 11.6 Å². The molecule has 9 heteroatoms. The van der Waals surface area contributed by atoms with E-state index < -0.39 is 10.8 Å². The summed E-state index contributed by atoms with van der Waals surface area (Å²) < 4.78 is 5.23. The Bertz CT molecular complexity index is 999. The van der Waals surface area contributed by atoms with Gasteiger partial charge in [-0.3, -0.25) is 19.7 Å². The SMILES string of the molecule is COc1ccc(NC(=O)c2cc([N+](=O)[O-])ccc2N2CCC(C)CC2)cc1NC(C)=O. The predicted molar refractivity (Wildman–Crippen MR) is 119 cm³/mol. The molecule has 2 N–H and O–H groups in total. The highest BCUT2D eigenvalue weighted by atomic mass is 16.6. The van der Waals surface area contributed by atoms with E-state index in [0.717, 1.165) is 25.9 Å². The van der Waals surface area contributed by atoms with E-state index in [4.69, 9.17) is 4.74 Å². The number of nitrogens with one attached hydrogen (secondary N) is 2. The highest BCUT2D eigenvalue weighted by molar-refractivity contribution is 6.09. The number of non-ortho nitro benzene ring substituents is 1. The van der Waals surface area contributed by atoms with Crippen molar-refractivity contribution in [3.05, 3.63) is 52.1 Å². The molecule has 0 atom stereocenters. The van der Waals surface area contributed by atoms with Crippen molar-refractivity contribution in [1.82, 2.24) is 0 Å². The van der Waals surface area contributed by atoms with Crippen LogP contribution in [0.25, 0.3) is 0 Å². The van der Waals surface area contributed by atoms with Crippen LogP contribution < -0.4 is 20.3 Å². The Morgan fingerprint density at radius 2 is 1.84 bits per heavy atom. The zero-order chi connectivity index (χ0) is 22.5. The van der Waals surface area contributed by atoms with Crippen molar-refractivity contribution < 1.29 is 19.2 Å². The molecule has 0 unspecified atom stereocenters. The third-order valence-electron chi connectivity index (χ3n) is 5.33. The Morgan fingerprint density at radius 3 is 2.45 bits per heavy atom. The number of nitro groups is 1. The molecule has 9 nitrogen and oxygen atoms in total. The summed E-state index contributed by atoms with van der Waals surface area (Å²) in [6.07, 6.45) is 1.99. The van der Waals surface area contributed by atoms with Gasteiger partial charge in [0, 0.05) is 37.8 Å². The molecule has 2 aromatic carbocycles. The first-order valence-corrected chi connectivity index (χ1v) is 10.1. The molecule has 0 bridgehead atoms. The number of hydrogen-bond acceptors (Lipinski definition) is 6. The minimum absolute atomic E-state index is 0.145. The van der Waals surface area contributed by atoms with Gasteiger partial charge in [0.1, 0.15) is 5.75 Å². The first kappa shape index (κ1) is 22.1. The molecule has 0 aliphatic carbocycles. The summed E-state index contributed by atoms with van der Waals surface area (Å²) in [6, 6.07) is 9.22. The van der Waals surface area contributed by atoms with E-state index in [9.17, 15) is 19.7 Å². The number of rotatable bonds is 6. The van der Waals surface area contributed by atoms with Gasteiger partial charge < -0.3 is 20.3 Å². The number of carbonyl (C=O) groups is 2. The fourth-order valence-electron chi connectivity index (χ4n) is 3.62. The van der Waals surface area contributed by atoms with Crippen LogP contribution in [0, 0.1) is 16.0 Å². The summed E-state index contributed by atoms with van der Waals surface area (Å²) >= 11 is 0. The third-order valence-corrected chi connectivity index (χ3v) is 5.33. The maximum absolute atomic E-state index is 13.1. The van der Waals surface area contributed by atoms with Gasteiger partial charge in [0.05, 0.1) is 29.0 Å². The van der Waals surface area contributed by atoms with E-state index in [1.165, 1.54) is 26.2 Å². The molecule has 2 aromatic rings. The smallest absolute Gasteiger partial charge is 0.270 e. The van der Waals surface area contributed by atoms with E-state index in [-0.39, 0.29) is 17.2 Å². The minimum Gasteiger partial charge on any atom is -0.495 e. The lowest BCUT2D eigenvalue weighted by molar-refractivity contribution is -0.384. The molecule has 3 rings (SSSR count). The zero-order valence-corrected chi connectivity index (χ0v) is 17.8. The summed E-state index contributed by atoms with van der Waals surface area (Å²) in [6.45, 7) is 5.14. The molecular formula is C22H26N4O5. The summed E-state index contributed by atoms with van der Waals surface area (Å²) in [5.41, 5.74) is 1.61. The van der Waals surface area contributed by atoms with Crippen LogP contribution >= 0.6 is 0 Å². The number of carbonyl (C=O) groups excluding carboxylic acids is 2. The van der Waals surface area contributed by atoms with E-state index in [1.54, 1.807) is 24.3 Å². The molecule has 0 radical (unpaired) electrons. The Labute approximate surface area is 180 Å². The maximum Gasteiger partial charge on any atom is 0.270 e.